The lowest BCUT2D eigenvalue weighted by molar-refractivity contribution is 0.0957. The molecule has 1 unspecified atom stereocenters. The molecule has 1 amide bonds. The lowest BCUT2D eigenvalue weighted by Crippen LogP contribution is -2.39. The molecule has 3 aromatic rings. The number of benzene rings is 2. The van der Waals surface area contributed by atoms with Gasteiger partial charge in [-0.3, -0.25) is 20.1 Å². The molecule has 2 aromatic carbocycles. The fourth-order valence-corrected chi connectivity index (χ4v) is 6.49. The van der Waals surface area contributed by atoms with Crippen LogP contribution in [0.2, 0.25) is 0 Å². The van der Waals surface area contributed by atoms with Crippen molar-refractivity contribution in [2.24, 2.45) is 0 Å². The van der Waals surface area contributed by atoms with Crippen molar-refractivity contribution in [2.45, 2.75) is 64.0 Å². The predicted molar refractivity (Wildman–Crippen MR) is 150 cm³/mol. The van der Waals surface area contributed by atoms with Crippen molar-refractivity contribution in [2.75, 3.05) is 19.7 Å². The van der Waals surface area contributed by atoms with Crippen LogP contribution in [-0.2, 0) is 12.8 Å². The highest BCUT2D eigenvalue weighted by molar-refractivity contribution is 6.12. The Bertz CT molecular complexity index is 1370. The third-order valence-corrected chi connectivity index (χ3v) is 8.58. The smallest absolute Gasteiger partial charge is 0.255 e. The van der Waals surface area contributed by atoms with Crippen LogP contribution in [0, 0.1) is 5.41 Å². The molecule has 3 heterocycles. The van der Waals surface area contributed by atoms with E-state index in [0.717, 1.165) is 35.6 Å². The maximum absolute atomic E-state index is 12.2. The van der Waals surface area contributed by atoms with Crippen LogP contribution in [0.4, 0.5) is 0 Å². The highest BCUT2D eigenvalue weighted by atomic mass is 16.5. The Labute approximate surface area is 224 Å². The van der Waals surface area contributed by atoms with Gasteiger partial charge in [-0.2, -0.15) is 0 Å². The summed E-state index contributed by atoms with van der Waals surface area (Å²) >= 11 is 0. The summed E-state index contributed by atoms with van der Waals surface area (Å²) in [7, 11) is 0. The Morgan fingerprint density at radius 3 is 2.76 bits per heavy atom. The van der Waals surface area contributed by atoms with E-state index in [-0.39, 0.29) is 5.91 Å². The van der Waals surface area contributed by atoms with E-state index in [0.29, 0.717) is 41.8 Å². The number of hydrogen-bond donors (Lipinski definition) is 2. The molecule has 1 aliphatic carbocycles. The van der Waals surface area contributed by atoms with Gasteiger partial charge in [-0.15, -0.1) is 0 Å². The zero-order valence-electron chi connectivity index (χ0n) is 22.1. The summed E-state index contributed by atoms with van der Waals surface area (Å²) in [6.07, 6.45) is 12.3. The fraction of sp³-hybridized carbons (Fsp3) is 0.406. The van der Waals surface area contributed by atoms with Gasteiger partial charge in [0.05, 0.1) is 17.8 Å². The number of nitrogens with zero attached hydrogens (tertiary/aromatic N) is 2. The lowest BCUT2D eigenvalue weighted by Gasteiger charge is -2.32. The lowest BCUT2D eigenvalue weighted by atomic mass is 9.95. The number of pyridine rings is 1. The molecule has 0 bridgehead atoms. The monoisotopic (exact) mass is 508 g/mol. The van der Waals surface area contributed by atoms with Gasteiger partial charge in [0.25, 0.3) is 5.91 Å². The highest BCUT2D eigenvalue weighted by Crippen LogP contribution is 2.32. The largest absolute Gasteiger partial charge is 0.491 e. The van der Waals surface area contributed by atoms with Gasteiger partial charge < -0.3 is 10.1 Å². The van der Waals surface area contributed by atoms with Gasteiger partial charge in [-0.25, -0.2) is 0 Å². The summed E-state index contributed by atoms with van der Waals surface area (Å²) < 4.78 is 5.76. The SMILES string of the molecule is CC[C@@H]1CCCN1C1CCc2ccc(-c3cncc(C(=N)c4ccc5c(c4)OCCNC5=O)c3)cc2CC1. The van der Waals surface area contributed by atoms with E-state index in [1.165, 1.54) is 49.8 Å². The number of ether oxygens (including phenoxy) is 1. The molecule has 6 rings (SSSR count). The molecule has 2 N–H and O–H groups in total. The first-order chi connectivity index (χ1) is 18.6. The summed E-state index contributed by atoms with van der Waals surface area (Å²) in [5.74, 6) is 0.383. The first-order valence-electron chi connectivity index (χ1n) is 14.1. The molecule has 6 heteroatoms. The first-order valence-corrected chi connectivity index (χ1v) is 14.1. The molecular weight excluding hydrogens is 472 g/mol. The van der Waals surface area contributed by atoms with Crippen molar-refractivity contribution >= 4 is 11.6 Å². The fourth-order valence-electron chi connectivity index (χ4n) is 6.49. The number of amides is 1. The Kier molecular flexibility index (Phi) is 6.98. The average molecular weight is 509 g/mol. The van der Waals surface area contributed by atoms with Gasteiger partial charge in [0.15, 0.2) is 0 Å². The molecule has 1 fully saturated rings. The van der Waals surface area contributed by atoms with E-state index in [1.54, 1.807) is 18.3 Å². The summed E-state index contributed by atoms with van der Waals surface area (Å²) in [4.78, 5) is 19.5. The van der Waals surface area contributed by atoms with Crippen LogP contribution in [0.25, 0.3) is 11.1 Å². The zero-order chi connectivity index (χ0) is 26.1. The molecule has 3 aliphatic rings. The topological polar surface area (TPSA) is 78.3 Å². The molecule has 0 radical (unpaired) electrons. The van der Waals surface area contributed by atoms with Crippen LogP contribution in [0.3, 0.4) is 0 Å². The number of carbonyl (C=O) groups is 1. The van der Waals surface area contributed by atoms with Crippen molar-refractivity contribution in [3.63, 3.8) is 0 Å². The van der Waals surface area contributed by atoms with Crippen LogP contribution in [0.5, 0.6) is 5.75 Å². The number of likely N-dealkylation sites (tertiary alicyclic amines) is 1. The number of carbonyl (C=O) groups excluding carboxylic acids is 1. The third kappa shape index (κ3) is 4.85. The van der Waals surface area contributed by atoms with Crippen molar-refractivity contribution in [3.8, 4) is 16.9 Å². The molecule has 38 heavy (non-hydrogen) atoms. The van der Waals surface area contributed by atoms with Crippen molar-refractivity contribution in [1.29, 1.82) is 5.41 Å². The van der Waals surface area contributed by atoms with Crippen molar-refractivity contribution in [1.82, 2.24) is 15.2 Å². The molecule has 1 saturated heterocycles. The predicted octanol–water partition coefficient (Wildman–Crippen LogP) is 5.41. The van der Waals surface area contributed by atoms with Crippen molar-refractivity contribution < 1.29 is 9.53 Å². The van der Waals surface area contributed by atoms with E-state index < -0.39 is 0 Å². The number of nitrogens with one attached hydrogen (secondary N) is 2. The van der Waals surface area contributed by atoms with Crippen LogP contribution in [-0.4, -0.2) is 53.3 Å². The van der Waals surface area contributed by atoms with Crippen LogP contribution in [0.15, 0.2) is 54.9 Å². The normalized spacial score (nSPS) is 21.4. The van der Waals surface area contributed by atoms with Gasteiger partial charge in [0, 0.05) is 41.2 Å². The molecule has 2 aliphatic heterocycles. The number of aryl methyl sites for hydroxylation is 2. The van der Waals surface area contributed by atoms with Gasteiger partial charge in [0.1, 0.15) is 12.4 Å². The number of aromatic nitrogens is 1. The standard InChI is InChI=1S/C32H36N4O2/c1-2-27-4-3-14-36(27)28-10-7-21-5-6-23(16-22(21)8-11-28)25-17-26(20-34-19-25)31(33)24-9-12-29-30(18-24)38-15-13-35-32(29)37/h5-6,9,12,16-20,27-28,33H,2-4,7-8,10-11,13-15H2,1H3,(H,35,37)/t27-,28?/m1/s1. The van der Waals surface area contributed by atoms with E-state index in [9.17, 15) is 4.79 Å². The maximum Gasteiger partial charge on any atom is 0.255 e. The second-order valence-corrected chi connectivity index (χ2v) is 10.8. The van der Waals surface area contributed by atoms with Gasteiger partial charge in [0.2, 0.25) is 0 Å². The Morgan fingerprint density at radius 2 is 1.89 bits per heavy atom. The molecular formula is C32H36N4O2. The molecule has 0 saturated carbocycles. The van der Waals surface area contributed by atoms with E-state index in [2.05, 4.69) is 40.3 Å². The Balaban J connectivity index is 1.22. The van der Waals surface area contributed by atoms with Crippen LogP contribution in [0.1, 0.15) is 71.6 Å². The Morgan fingerprint density at radius 1 is 1.03 bits per heavy atom. The van der Waals surface area contributed by atoms with Crippen molar-refractivity contribution in [3.05, 3.63) is 82.7 Å². The maximum atomic E-state index is 12.2. The average Bonchev–Trinajstić information content (AvgIpc) is 3.23. The quantitative estimate of drug-likeness (QED) is 0.357. The summed E-state index contributed by atoms with van der Waals surface area (Å²) in [6.45, 7) is 4.49. The molecule has 196 valence electrons. The highest BCUT2D eigenvalue weighted by Gasteiger charge is 2.30. The number of hydrogen-bond acceptors (Lipinski definition) is 5. The van der Waals surface area contributed by atoms with E-state index >= 15 is 0 Å². The van der Waals surface area contributed by atoms with Gasteiger partial charge in [-0.1, -0.05) is 31.2 Å². The molecule has 6 nitrogen and oxygen atoms in total. The Hall–Kier alpha value is -3.51. The number of fused-ring (bicyclic) bond motifs is 2. The van der Waals surface area contributed by atoms with Crippen LogP contribution < -0.4 is 10.1 Å². The first kappa shape index (κ1) is 24.8. The summed E-state index contributed by atoms with van der Waals surface area (Å²) in [6, 6.07) is 15.7. The summed E-state index contributed by atoms with van der Waals surface area (Å²) in [5.41, 5.74) is 7.43. The van der Waals surface area contributed by atoms with E-state index in [4.69, 9.17) is 10.1 Å². The molecule has 2 atom stereocenters. The second kappa shape index (κ2) is 10.7. The minimum absolute atomic E-state index is 0.139. The van der Waals surface area contributed by atoms with Gasteiger partial charge >= 0.3 is 0 Å². The van der Waals surface area contributed by atoms with Crippen LogP contribution >= 0.6 is 0 Å². The minimum Gasteiger partial charge on any atom is -0.491 e. The molecule has 0 spiro atoms. The minimum atomic E-state index is -0.139. The second-order valence-electron chi connectivity index (χ2n) is 10.8. The van der Waals surface area contributed by atoms with E-state index in [1.807, 2.05) is 18.3 Å². The third-order valence-electron chi connectivity index (χ3n) is 8.58. The molecule has 1 aromatic heterocycles. The number of rotatable bonds is 5. The summed E-state index contributed by atoms with van der Waals surface area (Å²) in [5, 5.41) is 11.7. The van der Waals surface area contributed by atoms with Gasteiger partial charge in [-0.05, 0) is 86.4 Å². The zero-order valence-corrected chi connectivity index (χ0v) is 22.1.